The second kappa shape index (κ2) is 24.5. The number of anilines is 3. The van der Waals surface area contributed by atoms with Crippen LogP contribution in [0.4, 0.5) is 17.2 Å². The smallest absolute Gasteiger partial charge is 0.293 e. The molecule has 3 aromatic carbocycles. The van der Waals surface area contributed by atoms with Crippen molar-refractivity contribution in [1.29, 1.82) is 0 Å². The number of rotatable bonds is 18. The third kappa shape index (κ3) is 13.2. The molecule has 0 saturated carbocycles. The number of aryl methyl sites for hydroxylation is 4. The number of nitrogens with zero attached hydrogens (tertiary/aromatic N) is 6. The molecule has 3 aromatic heterocycles. The predicted octanol–water partition coefficient (Wildman–Crippen LogP) is 7.15. The second-order valence-corrected chi connectivity index (χ2v) is 23.8. The maximum Gasteiger partial charge on any atom is 0.293 e. The van der Waals surface area contributed by atoms with Crippen molar-refractivity contribution in [2.45, 2.75) is 104 Å². The summed E-state index contributed by atoms with van der Waals surface area (Å²) in [5.74, 6) is -1.35. The molecule has 6 aromatic rings. The number of benzene rings is 3. The van der Waals surface area contributed by atoms with E-state index in [1.807, 2.05) is 125 Å². The fraction of sp³-hybridized carbons (Fsp3) is 0.424. The molecule has 2 aliphatic heterocycles. The minimum absolute atomic E-state index is 0.0334. The van der Waals surface area contributed by atoms with Crippen LogP contribution in [0.5, 0.6) is 0 Å². The number of ether oxygens (including phenoxy) is 1. The van der Waals surface area contributed by atoms with E-state index >= 15 is 0 Å². The quantitative estimate of drug-likeness (QED) is 0.0542. The largest absolute Gasteiger partial charge is 0.391 e. The van der Waals surface area contributed by atoms with Gasteiger partial charge in [-0.05, 0) is 104 Å². The zero-order chi connectivity index (χ0) is 56.1. The first kappa shape index (κ1) is 56.6. The number of likely N-dealkylation sites (tertiary alicyclic amines) is 1. The number of piperazine rings is 1. The number of hydrogen-bond acceptors (Lipinski definition) is 14. The van der Waals surface area contributed by atoms with Gasteiger partial charge in [0.15, 0.2) is 5.82 Å². The van der Waals surface area contributed by atoms with Gasteiger partial charge in [0.2, 0.25) is 23.6 Å². The number of aliphatic hydroxyl groups is 1. The predicted molar refractivity (Wildman–Crippen MR) is 307 cm³/mol. The molecule has 0 spiro atoms. The van der Waals surface area contributed by atoms with Gasteiger partial charge < -0.3 is 45.5 Å². The van der Waals surface area contributed by atoms with E-state index < -0.39 is 41.5 Å². The number of amides is 5. The number of aliphatic hydroxyl groups excluding tert-OH is 1. The van der Waals surface area contributed by atoms with Crippen LogP contribution >= 0.6 is 22.7 Å². The number of carbonyl (C=O) groups excluding carboxylic acids is 5. The van der Waals surface area contributed by atoms with Crippen LogP contribution in [0.1, 0.15) is 95.0 Å². The van der Waals surface area contributed by atoms with E-state index in [1.54, 1.807) is 40.8 Å². The molecule has 79 heavy (non-hydrogen) atoms. The van der Waals surface area contributed by atoms with Crippen LogP contribution in [-0.2, 0) is 50.3 Å². The van der Waals surface area contributed by atoms with Gasteiger partial charge in [0.25, 0.3) is 11.5 Å². The maximum absolute atomic E-state index is 14.2. The molecule has 5 heterocycles. The number of nitrogens with one attached hydrogen (secondary N) is 4. The van der Waals surface area contributed by atoms with E-state index in [4.69, 9.17) is 9.72 Å². The summed E-state index contributed by atoms with van der Waals surface area (Å²) in [5.41, 5.74) is 9.11. The highest BCUT2D eigenvalue weighted by Gasteiger charge is 2.44. The summed E-state index contributed by atoms with van der Waals surface area (Å²) in [6.07, 6.45) is 5.15. The van der Waals surface area contributed by atoms with Crippen LogP contribution in [0.15, 0.2) is 89.3 Å². The molecule has 2 saturated heterocycles. The molecule has 0 bridgehead atoms. The summed E-state index contributed by atoms with van der Waals surface area (Å²) in [4.78, 5) is 99.2. The zero-order valence-electron chi connectivity index (χ0n) is 45.9. The molecule has 0 radical (unpaired) electrons. The normalized spacial score (nSPS) is 18.0. The molecule has 5 N–H and O–H groups in total. The third-order valence-electron chi connectivity index (χ3n) is 15.0. The standard InChI is InChI=1S/C59H70N10O8S2/c1-35-43(12-10-13-44(35)64-55(73)48-29-40-11-8-9-14-47(40)79-48)45-33-67(7)58(76)53(63-45)62-41-21-19-38(20-22-41)50-56(74)68(25-24-66(50)6)26-28-77-27-23-49(71)65-52(59(3,4)5)57(75)69-32-42(70)30-46(69)54(72)60-31-37-15-17-39(18-16-37)51-36(2)61-34-78-51/h10,12-13,15-22,29,33-34,42,46,50,52,70H,8-9,11,14,23-28,30-32H2,1-7H3,(H,60,72)(H,62,63)(H,64,73)(H,65,71)/t42-,46+,50-,52-/m1/s1. The van der Waals surface area contributed by atoms with Crippen LogP contribution in [0.2, 0.25) is 0 Å². The van der Waals surface area contributed by atoms with E-state index in [-0.39, 0.29) is 68.2 Å². The Labute approximate surface area is 468 Å². The molecular weight excluding hydrogens is 1040 g/mol. The van der Waals surface area contributed by atoms with Crippen molar-refractivity contribution < 1.29 is 33.8 Å². The Hall–Kier alpha value is -7.10. The number of β-amino-alcohol motifs (C(OH)–C–C–N with tert-alkyl or cyclic N) is 1. The van der Waals surface area contributed by atoms with Crippen molar-refractivity contribution >= 4 is 69.4 Å². The Morgan fingerprint density at radius 1 is 0.937 bits per heavy atom. The molecule has 1 aliphatic carbocycles. The van der Waals surface area contributed by atoms with Crippen molar-refractivity contribution in [3.63, 3.8) is 0 Å². The van der Waals surface area contributed by atoms with E-state index in [2.05, 4.69) is 26.3 Å². The molecule has 416 valence electrons. The number of hydrogen-bond donors (Lipinski definition) is 5. The summed E-state index contributed by atoms with van der Waals surface area (Å²) in [5, 5.41) is 22.8. The molecular formula is C59H70N10O8S2. The number of thiazole rings is 1. The van der Waals surface area contributed by atoms with Gasteiger partial charge in [-0.2, -0.15) is 0 Å². The SMILES string of the molecule is Cc1ncsc1-c1ccc(CNC(=O)[C@@H]2C[C@@H](O)CN2C(=O)[C@@H](NC(=O)CCOCCN2CCN(C)[C@H](c3ccc(Nc4nc(-c5cccc(NC(=O)c6cc7c(s6)CCCC7)c5C)cn(C)c4=O)cc3)C2=O)C(C)(C)C)cc1. The Morgan fingerprint density at radius 2 is 1.70 bits per heavy atom. The number of thiophene rings is 1. The van der Waals surface area contributed by atoms with Crippen LogP contribution in [0.3, 0.4) is 0 Å². The Bertz CT molecular complexity index is 3250. The maximum atomic E-state index is 14.2. The first-order valence-corrected chi connectivity index (χ1v) is 28.6. The van der Waals surface area contributed by atoms with E-state index in [1.165, 1.54) is 19.9 Å². The highest BCUT2D eigenvalue weighted by atomic mass is 32.1. The fourth-order valence-electron chi connectivity index (χ4n) is 10.5. The van der Waals surface area contributed by atoms with Crippen molar-refractivity contribution in [3.05, 3.63) is 133 Å². The van der Waals surface area contributed by atoms with Crippen molar-refractivity contribution in [2.24, 2.45) is 12.5 Å². The Kier molecular flexibility index (Phi) is 17.6. The van der Waals surface area contributed by atoms with Gasteiger partial charge in [-0.15, -0.1) is 22.7 Å². The summed E-state index contributed by atoms with van der Waals surface area (Å²) < 4.78 is 7.36. The first-order chi connectivity index (χ1) is 37.8. The third-order valence-corrected chi connectivity index (χ3v) is 17.3. The molecule has 18 nitrogen and oxygen atoms in total. The highest BCUT2D eigenvalue weighted by Crippen LogP contribution is 2.34. The second-order valence-electron chi connectivity index (χ2n) is 21.9. The fourth-order valence-corrected chi connectivity index (χ4v) is 12.5. The topological polar surface area (TPSA) is 220 Å². The van der Waals surface area contributed by atoms with Crippen LogP contribution < -0.4 is 26.8 Å². The Balaban J connectivity index is 0.749. The number of aromatic nitrogens is 3. The first-order valence-electron chi connectivity index (χ1n) is 26.9. The lowest BCUT2D eigenvalue weighted by Crippen LogP contribution is -2.57. The highest BCUT2D eigenvalue weighted by molar-refractivity contribution is 7.14. The van der Waals surface area contributed by atoms with Crippen molar-refractivity contribution in [1.82, 2.24) is 39.9 Å². The van der Waals surface area contributed by atoms with Crippen molar-refractivity contribution in [3.8, 4) is 21.7 Å². The van der Waals surface area contributed by atoms with E-state index in [9.17, 15) is 33.9 Å². The zero-order valence-corrected chi connectivity index (χ0v) is 47.5. The summed E-state index contributed by atoms with van der Waals surface area (Å²) in [7, 11) is 3.57. The molecule has 20 heteroatoms. The van der Waals surface area contributed by atoms with Gasteiger partial charge in [-0.3, -0.25) is 33.7 Å². The molecule has 4 atom stereocenters. The lowest BCUT2D eigenvalue weighted by atomic mass is 9.85. The van der Waals surface area contributed by atoms with Crippen LogP contribution in [0.25, 0.3) is 21.7 Å². The minimum Gasteiger partial charge on any atom is -0.391 e. The van der Waals surface area contributed by atoms with Crippen molar-refractivity contribution in [2.75, 3.05) is 57.1 Å². The molecule has 9 rings (SSSR count). The van der Waals surface area contributed by atoms with Gasteiger partial charge >= 0.3 is 0 Å². The monoisotopic (exact) mass is 1110 g/mol. The number of carbonyl (C=O) groups is 5. The summed E-state index contributed by atoms with van der Waals surface area (Å²) in [6, 6.07) is 20.4. The Morgan fingerprint density at radius 3 is 2.42 bits per heavy atom. The van der Waals surface area contributed by atoms with Gasteiger partial charge in [0.05, 0.1) is 46.0 Å². The average molecular weight is 1110 g/mol. The molecule has 5 amide bonds. The van der Waals surface area contributed by atoms with Crippen LogP contribution in [0, 0.1) is 19.3 Å². The van der Waals surface area contributed by atoms with Crippen LogP contribution in [-0.4, -0.2) is 129 Å². The van der Waals surface area contributed by atoms with Gasteiger partial charge in [-0.25, -0.2) is 9.97 Å². The molecule has 3 aliphatic rings. The molecule has 0 unspecified atom stereocenters. The van der Waals surface area contributed by atoms with Gasteiger partial charge in [-0.1, -0.05) is 69.3 Å². The van der Waals surface area contributed by atoms with E-state index in [0.717, 1.165) is 64.1 Å². The van der Waals surface area contributed by atoms with Gasteiger partial charge in [0.1, 0.15) is 18.1 Å². The molecule has 2 fully saturated rings. The lowest BCUT2D eigenvalue weighted by Gasteiger charge is -2.39. The summed E-state index contributed by atoms with van der Waals surface area (Å²) >= 11 is 3.14. The lowest BCUT2D eigenvalue weighted by molar-refractivity contribution is -0.144. The van der Waals surface area contributed by atoms with E-state index in [0.29, 0.717) is 41.6 Å². The average Bonchev–Trinajstić information content (AvgIpc) is 4.18. The number of likely N-dealkylation sites (N-methyl/N-ethyl adjacent to an activating group) is 1. The van der Waals surface area contributed by atoms with Gasteiger partial charge in [0, 0.05) is 80.6 Å². The summed E-state index contributed by atoms with van der Waals surface area (Å²) in [6.45, 7) is 11.3. The number of fused-ring (bicyclic) bond motifs is 1. The minimum atomic E-state index is -0.981.